The molecule has 8 nitrogen and oxygen atoms in total. The van der Waals surface area contributed by atoms with Crippen LogP contribution in [0, 0.1) is 5.41 Å². The molecule has 0 saturated carbocycles. The van der Waals surface area contributed by atoms with Crippen LogP contribution in [0.4, 0.5) is 22.0 Å². The summed E-state index contributed by atoms with van der Waals surface area (Å²) in [5, 5.41) is 5.38. The first-order chi connectivity index (χ1) is 16.0. The zero-order chi connectivity index (χ0) is 24.5. The Bertz CT molecular complexity index is 1210. The average Bonchev–Trinajstić information content (AvgIpc) is 2.76. The molecule has 0 atom stereocenters. The van der Waals surface area contributed by atoms with Gasteiger partial charge in [-0.2, -0.15) is 0 Å². The Morgan fingerprint density at radius 1 is 1.24 bits per heavy atom. The molecule has 2 aromatic heterocycles. The van der Waals surface area contributed by atoms with Gasteiger partial charge in [0.2, 0.25) is 0 Å². The lowest BCUT2D eigenvalue weighted by Crippen LogP contribution is -2.44. The number of nitrogens with zero attached hydrogens (tertiary/aromatic N) is 3. The molecule has 34 heavy (non-hydrogen) atoms. The topological polar surface area (TPSA) is 85.8 Å². The van der Waals surface area contributed by atoms with Gasteiger partial charge >= 0.3 is 6.09 Å². The van der Waals surface area contributed by atoms with E-state index in [9.17, 15) is 4.79 Å². The van der Waals surface area contributed by atoms with Crippen LogP contribution in [0.1, 0.15) is 27.7 Å². The van der Waals surface area contributed by atoms with Gasteiger partial charge in [0.05, 0.1) is 37.4 Å². The number of carbonyl (C=O) groups is 1. The number of halogens is 1. The molecule has 1 saturated heterocycles. The predicted octanol–water partition coefficient (Wildman–Crippen LogP) is 5.81. The minimum Gasteiger partial charge on any atom is -0.493 e. The maximum Gasteiger partial charge on any atom is 0.414 e. The Morgan fingerprint density at radius 3 is 2.68 bits per heavy atom. The zero-order valence-corrected chi connectivity index (χ0v) is 20.8. The van der Waals surface area contributed by atoms with Crippen LogP contribution in [-0.2, 0) is 9.47 Å². The van der Waals surface area contributed by atoms with E-state index in [1.54, 1.807) is 46.3 Å². The van der Waals surface area contributed by atoms with Crippen molar-refractivity contribution in [3.63, 3.8) is 0 Å². The van der Waals surface area contributed by atoms with E-state index >= 15 is 0 Å². The smallest absolute Gasteiger partial charge is 0.414 e. The number of rotatable bonds is 6. The van der Waals surface area contributed by atoms with E-state index in [0.717, 1.165) is 29.7 Å². The molecule has 1 aromatic carbocycles. The fourth-order valence-corrected chi connectivity index (χ4v) is 3.67. The highest BCUT2D eigenvalue weighted by Gasteiger charge is 2.34. The van der Waals surface area contributed by atoms with E-state index in [1.165, 1.54) is 4.90 Å². The number of amides is 1. The lowest BCUT2D eigenvalue weighted by atomic mass is 9.90. The lowest BCUT2D eigenvalue weighted by Gasteiger charge is -2.37. The Hall–Kier alpha value is -3.10. The SMILES string of the molecule is CN(C(=O)OC(C)(C)C)c1cc(Nc2nccc3cc(OCC4(C)COC4)ccc23)cnc1Cl. The highest BCUT2D eigenvalue weighted by Crippen LogP contribution is 2.32. The summed E-state index contributed by atoms with van der Waals surface area (Å²) in [4.78, 5) is 22.5. The van der Waals surface area contributed by atoms with Crippen LogP contribution < -0.4 is 15.0 Å². The van der Waals surface area contributed by atoms with Crippen LogP contribution in [0.2, 0.25) is 5.15 Å². The fourth-order valence-electron chi connectivity index (χ4n) is 3.44. The highest BCUT2D eigenvalue weighted by molar-refractivity contribution is 6.32. The summed E-state index contributed by atoms with van der Waals surface area (Å²) < 4.78 is 16.7. The Kier molecular flexibility index (Phi) is 6.55. The largest absolute Gasteiger partial charge is 0.493 e. The predicted molar refractivity (Wildman–Crippen MR) is 133 cm³/mol. The summed E-state index contributed by atoms with van der Waals surface area (Å²) in [6.07, 6.45) is 2.80. The van der Waals surface area contributed by atoms with Gasteiger partial charge in [-0.05, 0) is 56.5 Å². The van der Waals surface area contributed by atoms with Gasteiger partial charge in [-0.1, -0.05) is 18.5 Å². The molecule has 1 aliphatic rings. The monoisotopic (exact) mass is 484 g/mol. The molecule has 0 spiro atoms. The Balaban J connectivity index is 1.54. The summed E-state index contributed by atoms with van der Waals surface area (Å²) in [6.45, 7) is 9.62. The molecular formula is C25H29ClN4O4. The number of benzene rings is 1. The highest BCUT2D eigenvalue weighted by atomic mass is 35.5. The summed E-state index contributed by atoms with van der Waals surface area (Å²) in [6, 6.07) is 9.56. The Labute approximate surface area is 204 Å². The first-order valence-corrected chi connectivity index (χ1v) is 11.4. The summed E-state index contributed by atoms with van der Waals surface area (Å²) in [7, 11) is 1.59. The number of ether oxygens (including phenoxy) is 3. The van der Waals surface area contributed by atoms with E-state index in [0.29, 0.717) is 23.8 Å². The van der Waals surface area contributed by atoms with Crippen molar-refractivity contribution in [3.05, 3.63) is 47.9 Å². The van der Waals surface area contributed by atoms with Crippen molar-refractivity contribution in [2.24, 2.45) is 5.41 Å². The van der Waals surface area contributed by atoms with E-state index in [1.807, 2.05) is 24.3 Å². The molecule has 1 N–H and O–H groups in total. The molecule has 1 aliphatic heterocycles. The molecule has 3 heterocycles. The molecule has 3 aromatic rings. The zero-order valence-electron chi connectivity index (χ0n) is 20.0. The van der Waals surface area contributed by atoms with Crippen LogP contribution in [-0.4, -0.2) is 48.5 Å². The average molecular weight is 485 g/mol. The van der Waals surface area contributed by atoms with Crippen molar-refractivity contribution in [1.29, 1.82) is 0 Å². The van der Waals surface area contributed by atoms with E-state index < -0.39 is 11.7 Å². The maximum absolute atomic E-state index is 12.5. The minimum atomic E-state index is -0.625. The van der Waals surface area contributed by atoms with Gasteiger partial charge in [-0.15, -0.1) is 0 Å². The van der Waals surface area contributed by atoms with Crippen molar-refractivity contribution in [1.82, 2.24) is 9.97 Å². The van der Waals surface area contributed by atoms with E-state index in [-0.39, 0.29) is 10.6 Å². The number of hydrogen-bond donors (Lipinski definition) is 1. The van der Waals surface area contributed by atoms with E-state index in [2.05, 4.69) is 22.2 Å². The molecule has 0 aliphatic carbocycles. The van der Waals surface area contributed by atoms with Gasteiger partial charge in [-0.25, -0.2) is 14.8 Å². The van der Waals surface area contributed by atoms with Crippen LogP contribution in [0.25, 0.3) is 10.8 Å². The second-order valence-electron chi connectivity index (χ2n) is 9.83. The van der Waals surface area contributed by atoms with Crippen LogP contribution in [0.15, 0.2) is 42.7 Å². The van der Waals surface area contributed by atoms with Crippen LogP contribution in [0.5, 0.6) is 5.75 Å². The number of fused-ring (bicyclic) bond motifs is 1. The van der Waals surface area contributed by atoms with Crippen molar-refractivity contribution in [3.8, 4) is 5.75 Å². The molecule has 4 rings (SSSR count). The molecular weight excluding hydrogens is 456 g/mol. The van der Waals surface area contributed by atoms with Crippen LogP contribution in [0.3, 0.4) is 0 Å². The van der Waals surface area contributed by atoms with Gasteiger partial charge in [-0.3, -0.25) is 4.90 Å². The van der Waals surface area contributed by atoms with Crippen molar-refractivity contribution in [2.45, 2.75) is 33.3 Å². The number of pyridine rings is 2. The van der Waals surface area contributed by atoms with Gasteiger partial charge in [0, 0.05) is 24.0 Å². The molecule has 0 unspecified atom stereocenters. The molecule has 0 bridgehead atoms. The minimum absolute atomic E-state index is 0.0751. The van der Waals surface area contributed by atoms with Crippen LogP contribution >= 0.6 is 11.6 Å². The summed E-state index contributed by atoms with van der Waals surface area (Å²) >= 11 is 6.27. The number of aromatic nitrogens is 2. The second-order valence-corrected chi connectivity index (χ2v) is 10.2. The molecule has 1 fully saturated rings. The van der Waals surface area contributed by atoms with Gasteiger partial charge in [0.1, 0.15) is 17.2 Å². The number of anilines is 3. The third kappa shape index (κ3) is 5.51. The van der Waals surface area contributed by atoms with Gasteiger partial charge in [0.15, 0.2) is 5.15 Å². The maximum atomic E-state index is 12.5. The first kappa shape index (κ1) is 24.0. The quantitative estimate of drug-likeness (QED) is 0.441. The van der Waals surface area contributed by atoms with Gasteiger partial charge < -0.3 is 19.5 Å². The van der Waals surface area contributed by atoms with Crippen molar-refractivity contribution >= 4 is 45.7 Å². The van der Waals surface area contributed by atoms with Crippen molar-refractivity contribution in [2.75, 3.05) is 37.1 Å². The number of hydrogen-bond acceptors (Lipinski definition) is 7. The normalized spacial score (nSPS) is 14.9. The molecule has 9 heteroatoms. The number of carbonyl (C=O) groups excluding carboxylic acids is 1. The summed E-state index contributed by atoms with van der Waals surface area (Å²) in [5.41, 5.74) is 0.504. The standard InChI is InChI=1S/C25H29ClN4O4/c1-24(2,3)34-23(31)30(5)20-11-17(12-28-21(20)26)29-22-19-7-6-18(10-16(19)8-9-27-22)33-15-25(4)13-32-14-25/h6-12H,13-15H2,1-5H3,(H,27,29). The fraction of sp³-hybridized carbons (Fsp3) is 0.400. The molecule has 0 radical (unpaired) electrons. The first-order valence-electron chi connectivity index (χ1n) is 11.0. The third-order valence-electron chi connectivity index (χ3n) is 5.34. The molecule has 180 valence electrons. The lowest BCUT2D eigenvalue weighted by molar-refractivity contribution is -0.120. The van der Waals surface area contributed by atoms with E-state index in [4.69, 9.17) is 25.8 Å². The molecule has 1 amide bonds. The number of nitrogens with one attached hydrogen (secondary N) is 1. The summed E-state index contributed by atoms with van der Waals surface area (Å²) in [5.74, 6) is 1.45. The van der Waals surface area contributed by atoms with Gasteiger partial charge in [0.25, 0.3) is 0 Å². The third-order valence-corrected chi connectivity index (χ3v) is 5.63. The Morgan fingerprint density at radius 2 is 2.00 bits per heavy atom. The van der Waals surface area contributed by atoms with Crippen molar-refractivity contribution < 1.29 is 19.0 Å². The second kappa shape index (κ2) is 9.27.